The van der Waals surface area contributed by atoms with Crippen molar-refractivity contribution >= 4 is 11.7 Å². The first-order valence-electron chi connectivity index (χ1n) is 8.07. The second-order valence-corrected chi connectivity index (χ2v) is 6.33. The Kier molecular flexibility index (Phi) is 4.59. The number of piperidine rings is 1. The molecule has 3 rings (SSSR count). The van der Waals surface area contributed by atoms with Crippen LogP contribution in [-0.2, 0) is 0 Å². The molecule has 0 bridgehead atoms. The zero-order valence-electron chi connectivity index (χ0n) is 13.2. The van der Waals surface area contributed by atoms with Crippen LogP contribution in [0.5, 0.6) is 0 Å². The van der Waals surface area contributed by atoms with Crippen LogP contribution in [0.2, 0.25) is 0 Å². The molecule has 0 aromatic carbocycles. The van der Waals surface area contributed by atoms with Gasteiger partial charge in [0.15, 0.2) is 0 Å². The third kappa shape index (κ3) is 3.39. The SMILES string of the molecule is CN1CCN(C2CCN(C(=O)c3ccc(N)nc3)CC2)CC1. The number of nitrogen functional groups attached to an aromatic ring is 1. The topological polar surface area (TPSA) is 65.7 Å². The van der Waals surface area contributed by atoms with Gasteiger partial charge in [0, 0.05) is 51.5 Å². The minimum absolute atomic E-state index is 0.0735. The van der Waals surface area contributed by atoms with Crippen LogP contribution in [0.15, 0.2) is 18.3 Å². The lowest BCUT2D eigenvalue weighted by molar-refractivity contribution is 0.0518. The van der Waals surface area contributed by atoms with Crippen LogP contribution in [0, 0.1) is 0 Å². The summed E-state index contributed by atoms with van der Waals surface area (Å²) in [6.45, 7) is 6.26. The molecule has 2 fully saturated rings. The van der Waals surface area contributed by atoms with Crippen LogP contribution in [0.3, 0.4) is 0 Å². The summed E-state index contributed by atoms with van der Waals surface area (Å²) in [6, 6.07) is 4.07. The van der Waals surface area contributed by atoms with Crippen molar-refractivity contribution in [2.75, 3.05) is 52.0 Å². The Morgan fingerprint density at radius 2 is 1.82 bits per heavy atom. The fraction of sp³-hybridized carbons (Fsp3) is 0.625. The molecule has 0 aliphatic carbocycles. The molecule has 2 aliphatic rings. The molecule has 3 heterocycles. The van der Waals surface area contributed by atoms with Crippen LogP contribution in [0.25, 0.3) is 0 Å². The van der Waals surface area contributed by atoms with Gasteiger partial charge in [0.2, 0.25) is 0 Å². The lowest BCUT2D eigenvalue weighted by atomic mass is 10.0. The monoisotopic (exact) mass is 303 g/mol. The molecule has 0 radical (unpaired) electrons. The summed E-state index contributed by atoms with van der Waals surface area (Å²) in [6.07, 6.45) is 3.71. The van der Waals surface area contributed by atoms with E-state index in [0.29, 0.717) is 17.4 Å². The number of rotatable bonds is 2. The second kappa shape index (κ2) is 6.62. The van der Waals surface area contributed by atoms with Gasteiger partial charge in [-0.25, -0.2) is 4.98 Å². The first-order chi connectivity index (χ1) is 10.6. The highest BCUT2D eigenvalue weighted by atomic mass is 16.2. The Bertz CT molecular complexity index is 502. The fourth-order valence-corrected chi connectivity index (χ4v) is 3.34. The van der Waals surface area contributed by atoms with Gasteiger partial charge in [-0.1, -0.05) is 0 Å². The van der Waals surface area contributed by atoms with Gasteiger partial charge in [0.05, 0.1) is 5.56 Å². The minimum Gasteiger partial charge on any atom is -0.384 e. The number of carbonyl (C=O) groups excluding carboxylic acids is 1. The largest absolute Gasteiger partial charge is 0.384 e. The number of hydrogen-bond acceptors (Lipinski definition) is 5. The molecule has 22 heavy (non-hydrogen) atoms. The van der Waals surface area contributed by atoms with E-state index in [2.05, 4.69) is 21.8 Å². The predicted molar refractivity (Wildman–Crippen MR) is 86.6 cm³/mol. The van der Waals surface area contributed by atoms with Gasteiger partial charge >= 0.3 is 0 Å². The Labute approximate surface area is 131 Å². The Hall–Kier alpha value is -1.66. The first-order valence-corrected chi connectivity index (χ1v) is 8.07. The number of hydrogen-bond donors (Lipinski definition) is 1. The lowest BCUT2D eigenvalue weighted by Gasteiger charge is -2.42. The summed E-state index contributed by atoms with van der Waals surface area (Å²) in [7, 11) is 2.18. The average molecular weight is 303 g/mol. The standard InChI is InChI=1S/C16H25N5O/c1-19-8-10-20(11-9-19)14-4-6-21(7-5-14)16(22)13-2-3-15(17)18-12-13/h2-3,12,14H,4-11H2,1H3,(H2,17,18). The summed E-state index contributed by atoms with van der Waals surface area (Å²) in [4.78, 5) is 23.4. The van der Waals surface area contributed by atoms with Crippen LogP contribution >= 0.6 is 0 Å². The third-order valence-corrected chi connectivity index (χ3v) is 4.84. The maximum absolute atomic E-state index is 12.5. The van der Waals surface area contributed by atoms with E-state index in [1.807, 2.05) is 4.90 Å². The summed E-state index contributed by atoms with van der Waals surface area (Å²) >= 11 is 0. The average Bonchev–Trinajstić information content (AvgIpc) is 2.56. The molecule has 120 valence electrons. The molecular weight excluding hydrogens is 278 g/mol. The highest BCUT2D eigenvalue weighted by molar-refractivity contribution is 5.94. The van der Waals surface area contributed by atoms with Gasteiger partial charge in [-0.3, -0.25) is 9.69 Å². The molecule has 0 saturated carbocycles. The zero-order valence-corrected chi connectivity index (χ0v) is 13.2. The van der Waals surface area contributed by atoms with Crippen molar-refractivity contribution in [2.45, 2.75) is 18.9 Å². The lowest BCUT2D eigenvalue weighted by Crippen LogP contribution is -2.52. The van der Waals surface area contributed by atoms with E-state index in [0.717, 1.165) is 52.1 Å². The van der Waals surface area contributed by atoms with Gasteiger partial charge in [0.1, 0.15) is 5.82 Å². The number of nitrogens with two attached hydrogens (primary N) is 1. The second-order valence-electron chi connectivity index (χ2n) is 6.33. The molecule has 6 nitrogen and oxygen atoms in total. The first kappa shape index (κ1) is 15.2. The molecule has 2 saturated heterocycles. The zero-order chi connectivity index (χ0) is 15.5. The summed E-state index contributed by atoms with van der Waals surface area (Å²) in [5, 5.41) is 0. The molecular formula is C16H25N5O. The van der Waals surface area contributed by atoms with Crippen molar-refractivity contribution in [3.05, 3.63) is 23.9 Å². The van der Waals surface area contributed by atoms with E-state index in [1.165, 1.54) is 0 Å². The van der Waals surface area contributed by atoms with Crippen molar-refractivity contribution in [3.8, 4) is 0 Å². The van der Waals surface area contributed by atoms with Gasteiger partial charge < -0.3 is 15.5 Å². The summed E-state index contributed by atoms with van der Waals surface area (Å²) in [5.41, 5.74) is 6.20. The molecule has 0 spiro atoms. The van der Waals surface area contributed by atoms with E-state index in [1.54, 1.807) is 18.3 Å². The van der Waals surface area contributed by atoms with Crippen molar-refractivity contribution in [1.29, 1.82) is 0 Å². The smallest absolute Gasteiger partial charge is 0.255 e. The van der Waals surface area contributed by atoms with Crippen LogP contribution < -0.4 is 5.73 Å². The van der Waals surface area contributed by atoms with Crippen molar-refractivity contribution < 1.29 is 4.79 Å². The van der Waals surface area contributed by atoms with Crippen LogP contribution in [-0.4, -0.2) is 77.9 Å². The van der Waals surface area contributed by atoms with E-state index in [-0.39, 0.29) is 5.91 Å². The van der Waals surface area contributed by atoms with Gasteiger partial charge in [-0.2, -0.15) is 0 Å². The Balaban J connectivity index is 1.53. The Morgan fingerprint density at radius 1 is 1.14 bits per heavy atom. The van der Waals surface area contributed by atoms with Crippen molar-refractivity contribution in [2.24, 2.45) is 0 Å². The highest BCUT2D eigenvalue weighted by Gasteiger charge is 2.28. The molecule has 1 aromatic heterocycles. The van der Waals surface area contributed by atoms with Crippen LogP contribution in [0.4, 0.5) is 5.82 Å². The normalized spacial score (nSPS) is 22.0. The van der Waals surface area contributed by atoms with E-state index < -0.39 is 0 Å². The number of amides is 1. The summed E-state index contributed by atoms with van der Waals surface area (Å²) < 4.78 is 0. The molecule has 0 unspecified atom stereocenters. The number of likely N-dealkylation sites (tertiary alicyclic amines) is 1. The minimum atomic E-state index is 0.0735. The third-order valence-electron chi connectivity index (χ3n) is 4.84. The van der Waals surface area contributed by atoms with Gasteiger partial charge in [0.25, 0.3) is 5.91 Å². The van der Waals surface area contributed by atoms with Gasteiger partial charge in [-0.05, 0) is 32.0 Å². The molecule has 2 aliphatic heterocycles. The molecule has 1 amide bonds. The maximum atomic E-state index is 12.5. The quantitative estimate of drug-likeness (QED) is 0.862. The van der Waals surface area contributed by atoms with Crippen LogP contribution in [0.1, 0.15) is 23.2 Å². The van der Waals surface area contributed by atoms with Crippen molar-refractivity contribution in [3.63, 3.8) is 0 Å². The van der Waals surface area contributed by atoms with E-state index in [9.17, 15) is 4.79 Å². The molecule has 1 aromatic rings. The summed E-state index contributed by atoms with van der Waals surface area (Å²) in [5.74, 6) is 0.523. The molecule has 6 heteroatoms. The molecule has 0 atom stereocenters. The number of piperazine rings is 1. The highest BCUT2D eigenvalue weighted by Crippen LogP contribution is 2.19. The van der Waals surface area contributed by atoms with E-state index in [4.69, 9.17) is 5.73 Å². The number of likely N-dealkylation sites (N-methyl/N-ethyl adjacent to an activating group) is 1. The van der Waals surface area contributed by atoms with Crippen molar-refractivity contribution in [1.82, 2.24) is 19.7 Å². The Morgan fingerprint density at radius 3 is 2.41 bits per heavy atom. The number of nitrogens with zero attached hydrogens (tertiary/aromatic N) is 4. The number of anilines is 1. The number of aromatic nitrogens is 1. The number of carbonyl (C=O) groups is 1. The molecule has 2 N–H and O–H groups in total. The predicted octanol–water partition coefficient (Wildman–Crippen LogP) is 0.516. The number of pyridine rings is 1. The fourth-order valence-electron chi connectivity index (χ4n) is 3.34. The maximum Gasteiger partial charge on any atom is 0.255 e. The van der Waals surface area contributed by atoms with E-state index >= 15 is 0 Å². The van der Waals surface area contributed by atoms with Gasteiger partial charge in [-0.15, -0.1) is 0 Å².